The van der Waals surface area contributed by atoms with Crippen LogP contribution in [0, 0.1) is 5.92 Å². The molecule has 0 atom stereocenters. The second-order valence-electron chi connectivity index (χ2n) is 8.67. The molecule has 178 valence electrons. The molecule has 2 aromatic rings. The number of ether oxygens (including phenoxy) is 2. The minimum atomic E-state index is -3.54. The van der Waals surface area contributed by atoms with E-state index in [1.54, 1.807) is 37.4 Å². The lowest BCUT2D eigenvalue weighted by Gasteiger charge is -2.31. The van der Waals surface area contributed by atoms with Crippen LogP contribution in [0.15, 0.2) is 47.4 Å². The van der Waals surface area contributed by atoms with Crippen molar-refractivity contribution in [1.29, 1.82) is 0 Å². The summed E-state index contributed by atoms with van der Waals surface area (Å²) in [5, 5.41) is 2.94. The van der Waals surface area contributed by atoms with Crippen molar-refractivity contribution < 1.29 is 22.7 Å². The summed E-state index contributed by atoms with van der Waals surface area (Å²) in [6.07, 6.45) is 5.27. The third kappa shape index (κ3) is 5.75. The molecule has 1 saturated heterocycles. The quantitative estimate of drug-likeness (QED) is 0.593. The molecule has 1 N–H and O–H groups in total. The molecule has 8 heteroatoms. The maximum atomic E-state index is 13.2. The van der Waals surface area contributed by atoms with Gasteiger partial charge in [-0.15, -0.1) is 0 Å². The number of piperidine rings is 1. The van der Waals surface area contributed by atoms with Crippen LogP contribution in [0.4, 0.5) is 5.69 Å². The predicted octanol–water partition coefficient (Wildman–Crippen LogP) is 3.63. The number of benzene rings is 2. The Morgan fingerprint density at radius 3 is 2.39 bits per heavy atom. The maximum absolute atomic E-state index is 13.2. The van der Waals surface area contributed by atoms with Crippen molar-refractivity contribution in [2.24, 2.45) is 5.92 Å². The molecule has 2 aliphatic rings. The minimum Gasteiger partial charge on any atom is -0.491 e. The van der Waals surface area contributed by atoms with Crippen LogP contribution >= 0.6 is 0 Å². The Labute approximate surface area is 196 Å². The molecule has 4 rings (SSSR count). The number of aryl methyl sites for hydroxylation is 2. The lowest BCUT2D eigenvalue weighted by atomic mass is 9.92. The molecule has 0 radical (unpaired) electrons. The van der Waals surface area contributed by atoms with Crippen molar-refractivity contribution in [3.05, 3.63) is 53.6 Å². The van der Waals surface area contributed by atoms with E-state index in [0.717, 1.165) is 24.8 Å². The van der Waals surface area contributed by atoms with Crippen LogP contribution in [0.3, 0.4) is 0 Å². The van der Waals surface area contributed by atoms with Gasteiger partial charge < -0.3 is 14.8 Å². The monoisotopic (exact) mass is 472 g/mol. The number of anilines is 1. The van der Waals surface area contributed by atoms with Gasteiger partial charge in [-0.2, -0.15) is 4.31 Å². The molecule has 7 nitrogen and oxygen atoms in total. The van der Waals surface area contributed by atoms with Crippen LogP contribution in [-0.4, -0.2) is 52.0 Å². The van der Waals surface area contributed by atoms with Gasteiger partial charge in [-0.1, -0.05) is 6.07 Å². The largest absolute Gasteiger partial charge is 0.491 e. The van der Waals surface area contributed by atoms with Gasteiger partial charge in [0.1, 0.15) is 12.4 Å². The Morgan fingerprint density at radius 2 is 1.70 bits per heavy atom. The molecular formula is C25H32N2O5S. The second-order valence-corrected chi connectivity index (χ2v) is 10.6. The van der Waals surface area contributed by atoms with Crippen molar-refractivity contribution in [2.45, 2.75) is 43.4 Å². The van der Waals surface area contributed by atoms with Gasteiger partial charge in [-0.3, -0.25) is 4.79 Å². The molecule has 0 bridgehead atoms. The Hall–Kier alpha value is -2.42. The zero-order chi connectivity index (χ0) is 23.3. The average Bonchev–Trinajstić information content (AvgIpc) is 2.85. The molecule has 0 spiro atoms. The first-order valence-electron chi connectivity index (χ1n) is 11.6. The number of carbonyl (C=O) groups is 1. The van der Waals surface area contributed by atoms with Gasteiger partial charge in [-0.25, -0.2) is 8.42 Å². The lowest BCUT2D eigenvalue weighted by Crippen LogP contribution is -2.41. The molecule has 33 heavy (non-hydrogen) atoms. The van der Waals surface area contributed by atoms with Gasteiger partial charge in [0.15, 0.2) is 0 Å². The third-order valence-electron chi connectivity index (χ3n) is 6.46. The normalized spacial score (nSPS) is 17.4. The molecule has 0 aromatic heterocycles. The number of fused-ring (bicyclic) bond motifs is 1. The second kappa shape index (κ2) is 10.7. The summed E-state index contributed by atoms with van der Waals surface area (Å²) in [5.74, 6) is 0.428. The summed E-state index contributed by atoms with van der Waals surface area (Å²) in [6, 6.07) is 12.8. The SMILES string of the molecule is COCCOc1ccc(NC(=O)C2CCN(S(=O)(=O)c3ccc4c(c3)CCCC4)CC2)cc1. The Kier molecular flexibility index (Phi) is 7.67. The molecule has 1 heterocycles. The number of nitrogens with one attached hydrogen (secondary N) is 1. The van der Waals surface area contributed by atoms with Crippen LogP contribution in [0.2, 0.25) is 0 Å². The number of sulfonamides is 1. The summed E-state index contributed by atoms with van der Waals surface area (Å²) in [6.45, 7) is 1.68. The number of rotatable bonds is 8. The van der Waals surface area contributed by atoms with E-state index in [1.807, 2.05) is 12.1 Å². The van der Waals surface area contributed by atoms with Gasteiger partial charge in [-0.05, 0) is 86.1 Å². The van der Waals surface area contributed by atoms with Gasteiger partial charge in [0.05, 0.1) is 11.5 Å². The van der Waals surface area contributed by atoms with Crippen LogP contribution in [0.1, 0.15) is 36.8 Å². The standard InChI is InChI=1S/C25H32N2O5S/c1-31-16-17-32-23-9-7-22(8-10-23)26-25(28)20-12-14-27(15-13-20)33(29,30)24-11-6-19-4-2-3-5-21(19)18-24/h6-11,18,20H,2-5,12-17H2,1H3,(H,26,28). The molecule has 1 fully saturated rings. The van der Waals surface area contributed by atoms with Crippen molar-refractivity contribution in [3.63, 3.8) is 0 Å². The molecule has 1 aliphatic heterocycles. The fourth-order valence-corrected chi connectivity index (χ4v) is 6.02. The average molecular weight is 473 g/mol. The highest BCUT2D eigenvalue weighted by Crippen LogP contribution is 2.28. The lowest BCUT2D eigenvalue weighted by molar-refractivity contribution is -0.120. The van der Waals surface area contributed by atoms with E-state index >= 15 is 0 Å². The fourth-order valence-electron chi connectivity index (χ4n) is 4.50. The number of hydrogen-bond donors (Lipinski definition) is 1. The molecule has 1 amide bonds. The summed E-state index contributed by atoms with van der Waals surface area (Å²) in [4.78, 5) is 13.1. The van der Waals surface area contributed by atoms with Gasteiger partial charge in [0.2, 0.25) is 15.9 Å². The molecule has 0 unspecified atom stereocenters. The Morgan fingerprint density at radius 1 is 1.00 bits per heavy atom. The minimum absolute atomic E-state index is 0.0751. The van der Waals surface area contributed by atoms with E-state index in [0.29, 0.717) is 55.5 Å². The zero-order valence-electron chi connectivity index (χ0n) is 19.1. The highest BCUT2D eigenvalue weighted by Gasteiger charge is 2.32. The van der Waals surface area contributed by atoms with E-state index in [4.69, 9.17) is 9.47 Å². The summed E-state index contributed by atoms with van der Waals surface area (Å²) in [5.41, 5.74) is 3.13. The van der Waals surface area contributed by atoms with Crippen molar-refractivity contribution in [1.82, 2.24) is 4.31 Å². The van der Waals surface area contributed by atoms with Gasteiger partial charge >= 0.3 is 0 Å². The number of nitrogens with zero attached hydrogens (tertiary/aromatic N) is 1. The number of carbonyl (C=O) groups excluding carboxylic acids is 1. The van der Waals surface area contributed by atoms with Crippen LogP contribution in [0.25, 0.3) is 0 Å². The Bertz CT molecular complexity index is 1060. The topological polar surface area (TPSA) is 84.9 Å². The first-order valence-corrected chi connectivity index (χ1v) is 13.1. The van der Waals surface area contributed by atoms with Crippen LogP contribution in [0.5, 0.6) is 5.75 Å². The number of methoxy groups -OCH3 is 1. The number of hydrogen-bond acceptors (Lipinski definition) is 5. The van der Waals surface area contributed by atoms with Crippen molar-refractivity contribution in [3.8, 4) is 5.75 Å². The van der Waals surface area contributed by atoms with E-state index in [1.165, 1.54) is 16.3 Å². The first kappa shape index (κ1) is 23.7. The van der Waals surface area contributed by atoms with Gasteiger partial charge in [0, 0.05) is 31.8 Å². The van der Waals surface area contributed by atoms with Crippen molar-refractivity contribution >= 4 is 21.6 Å². The summed E-state index contributed by atoms with van der Waals surface area (Å²) >= 11 is 0. The third-order valence-corrected chi connectivity index (χ3v) is 8.36. The van der Waals surface area contributed by atoms with E-state index in [2.05, 4.69) is 5.32 Å². The molecule has 1 aliphatic carbocycles. The van der Waals surface area contributed by atoms with E-state index in [-0.39, 0.29) is 11.8 Å². The first-order chi connectivity index (χ1) is 16.0. The summed E-state index contributed by atoms with van der Waals surface area (Å²) in [7, 11) is -1.92. The zero-order valence-corrected chi connectivity index (χ0v) is 19.9. The predicted molar refractivity (Wildman–Crippen MR) is 127 cm³/mol. The molecular weight excluding hydrogens is 440 g/mol. The van der Waals surface area contributed by atoms with Gasteiger partial charge in [0.25, 0.3) is 0 Å². The maximum Gasteiger partial charge on any atom is 0.243 e. The van der Waals surface area contributed by atoms with Crippen LogP contribution < -0.4 is 10.1 Å². The molecule has 2 aromatic carbocycles. The number of amides is 1. The fraction of sp³-hybridized carbons (Fsp3) is 0.480. The Balaban J connectivity index is 1.31. The van der Waals surface area contributed by atoms with Crippen LogP contribution in [-0.2, 0) is 32.4 Å². The summed E-state index contributed by atoms with van der Waals surface area (Å²) < 4.78 is 38.4. The highest BCUT2D eigenvalue weighted by molar-refractivity contribution is 7.89. The smallest absolute Gasteiger partial charge is 0.243 e. The van der Waals surface area contributed by atoms with Crippen molar-refractivity contribution in [2.75, 3.05) is 38.7 Å². The van der Waals surface area contributed by atoms with E-state index < -0.39 is 10.0 Å². The van der Waals surface area contributed by atoms with E-state index in [9.17, 15) is 13.2 Å². The molecule has 0 saturated carbocycles. The highest BCUT2D eigenvalue weighted by atomic mass is 32.2.